The molecule has 5 heteroatoms. The van der Waals surface area contributed by atoms with Crippen molar-refractivity contribution in [1.82, 2.24) is 4.72 Å². The molecule has 112 valence electrons. The van der Waals surface area contributed by atoms with Gasteiger partial charge in [0, 0.05) is 12.6 Å². The third-order valence-corrected chi connectivity index (χ3v) is 5.65. The van der Waals surface area contributed by atoms with Crippen LogP contribution in [0, 0.1) is 20.8 Å². The molecule has 0 spiro atoms. The lowest BCUT2D eigenvalue weighted by Crippen LogP contribution is -2.41. The lowest BCUT2D eigenvalue weighted by molar-refractivity contribution is 0.0902. The van der Waals surface area contributed by atoms with Crippen LogP contribution in [-0.2, 0) is 14.8 Å². The van der Waals surface area contributed by atoms with E-state index in [1.54, 1.807) is 6.07 Å². The third kappa shape index (κ3) is 3.22. The standard InChI is InChI=1S/C15H23NO3S/c1-10-8-12(3)15(9-11(10)2)20(17,18)16-13(4)14-6-5-7-19-14/h8-9,13-14,16H,5-7H2,1-4H3/t13-,14+/m0/s1. The Hall–Kier alpha value is -0.910. The van der Waals surface area contributed by atoms with Crippen molar-refractivity contribution >= 4 is 10.0 Å². The van der Waals surface area contributed by atoms with Gasteiger partial charge in [0.1, 0.15) is 0 Å². The molecule has 0 amide bonds. The van der Waals surface area contributed by atoms with Crippen LogP contribution in [0.3, 0.4) is 0 Å². The molecule has 0 radical (unpaired) electrons. The van der Waals surface area contributed by atoms with Gasteiger partial charge in [-0.3, -0.25) is 0 Å². The maximum Gasteiger partial charge on any atom is 0.241 e. The van der Waals surface area contributed by atoms with Gasteiger partial charge >= 0.3 is 0 Å². The van der Waals surface area contributed by atoms with Gasteiger partial charge in [-0.05, 0) is 63.3 Å². The molecule has 1 N–H and O–H groups in total. The van der Waals surface area contributed by atoms with Crippen molar-refractivity contribution in [2.45, 2.75) is 57.6 Å². The van der Waals surface area contributed by atoms with E-state index in [4.69, 9.17) is 4.74 Å². The number of rotatable bonds is 4. The molecule has 20 heavy (non-hydrogen) atoms. The van der Waals surface area contributed by atoms with Crippen LogP contribution in [0.1, 0.15) is 36.5 Å². The second-order valence-corrected chi connectivity index (χ2v) is 7.35. The number of sulfonamides is 1. The minimum Gasteiger partial charge on any atom is -0.377 e. The van der Waals surface area contributed by atoms with E-state index in [1.807, 2.05) is 33.8 Å². The summed E-state index contributed by atoms with van der Waals surface area (Å²) in [6.45, 7) is 8.33. The van der Waals surface area contributed by atoms with Gasteiger partial charge in [-0.1, -0.05) is 6.07 Å². The van der Waals surface area contributed by atoms with Crippen LogP contribution >= 0.6 is 0 Å². The van der Waals surface area contributed by atoms with Gasteiger partial charge in [-0.15, -0.1) is 0 Å². The Morgan fingerprint density at radius 1 is 1.20 bits per heavy atom. The molecule has 0 unspecified atom stereocenters. The van der Waals surface area contributed by atoms with Crippen LogP contribution in [0.2, 0.25) is 0 Å². The summed E-state index contributed by atoms with van der Waals surface area (Å²) in [6.07, 6.45) is 1.89. The van der Waals surface area contributed by atoms with E-state index in [1.165, 1.54) is 0 Å². The first-order chi connectivity index (χ1) is 9.31. The first-order valence-electron chi connectivity index (χ1n) is 7.03. The molecule has 0 saturated carbocycles. The molecule has 1 fully saturated rings. The smallest absolute Gasteiger partial charge is 0.241 e. The van der Waals surface area contributed by atoms with Crippen molar-refractivity contribution in [2.75, 3.05) is 6.61 Å². The minimum absolute atomic E-state index is 0.0170. The van der Waals surface area contributed by atoms with Crippen LogP contribution in [0.4, 0.5) is 0 Å². The Morgan fingerprint density at radius 2 is 1.85 bits per heavy atom. The number of nitrogens with one attached hydrogen (secondary N) is 1. The number of aryl methyl sites for hydroxylation is 3. The Bertz CT molecular complexity index is 589. The summed E-state index contributed by atoms with van der Waals surface area (Å²) in [4.78, 5) is 0.366. The molecule has 1 aromatic carbocycles. The summed E-state index contributed by atoms with van der Waals surface area (Å²) >= 11 is 0. The lowest BCUT2D eigenvalue weighted by atomic mass is 10.1. The van der Waals surface area contributed by atoms with Gasteiger partial charge in [0.15, 0.2) is 0 Å². The summed E-state index contributed by atoms with van der Waals surface area (Å²) in [5.41, 5.74) is 2.87. The molecule has 2 rings (SSSR count). The van der Waals surface area contributed by atoms with Crippen molar-refractivity contribution in [3.05, 3.63) is 28.8 Å². The molecular weight excluding hydrogens is 274 g/mol. The van der Waals surface area contributed by atoms with Gasteiger partial charge in [-0.25, -0.2) is 13.1 Å². The second-order valence-electron chi connectivity index (χ2n) is 5.66. The summed E-state index contributed by atoms with van der Waals surface area (Å²) in [5, 5.41) is 0. The number of hydrogen-bond donors (Lipinski definition) is 1. The maximum absolute atomic E-state index is 12.5. The van der Waals surface area contributed by atoms with Crippen molar-refractivity contribution in [2.24, 2.45) is 0 Å². The summed E-state index contributed by atoms with van der Waals surface area (Å²) in [7, 11) is -3.50. The number of benzene rings is 1. The fourth-order valence-corrected chi connectivity index (χ4v) is 4.19. The van der Waals surface area contributed by atoms with E-state index >= 15 is 0 Å². The number of ether oxygens (including phenoxy) is 1. The van der Waals surface area contributed by atoms with E-state index in [-0.39, 0.29) is 12.1 Å². The topological polar surface area (TPSA) is 55.4 Å². The monoisotopic (exact) mass is 297 g/mol. The van der Waals surface area contributed by atoms with Crippen molar-refractivity contribution in [1.29, 1.82) is 0 Å². The summed E-state index contributed by atoms with van der Waals surface area (Å²) < 4.78 is 33.3. The van der Waals surface area contributed by atoms with Crippen LogP contribution in [0.15, 0.2) is 17.0 Å². The normalized spacial score (nSPS) is 21.1. The zero-order valence-electron chi connectivity index (χ0n) is 12.6. The van der Waals surface area contributed by atoms with Crippen LogP contribution in [-0.4, -0.2) is 27.2 Å². The molecule has 1 aliphatic rings. The van der Waals surface area contributed by atoms with E-state index in [9.17, 15) is 8.42 Å². The van der Waals surface area contributed by atoms with E-state index in [0.717, 1.165) is 36.1 Å². The van der Waals surface area contributed by atoms with Crippen molar-refractivity contribution < 1.29 is 13.2 Å². The highest BCUT2D eigenvalue weighted by atomic mass is 32.2. The molecular formula is C15H23NO3S. The maximum atomic E-state index is 12.5. The van der Waals surface area contributed by atoms with E-state index in [0.29, 0.717) is 4.90 Å². The van der Waals surface area contributed by atoms with Crippen LogP contribution in [0.5, 0.6) is 0 Å². The summed E-state index contributed by atoms with van der Waals surface area (Å²) in [6, 6.07) is 3.46. The molecule has 1 aromatic rings. The van der Waals surface area contributed by atoms with Crippen molar-refractivity contribution in [3.63, 3.8) is 0 Å². The van der Waals surface area contributed by atoms with Crippen molar-refractivity contribution in [3.8, 4) is 0 Å². The van der Waals surface area contributed by atoms with Gasteiger partial charge in [-0.2, -0.15) is 0 Å². The molecule has 2 atom stereocenters. The zero-order chi connectivity index (χ0) is 14.9. The van der Waals surface area contributed by atoms with Gasteiger partial charge in [0.25, 0.3) is 0 Å². The average Bonchev–Trinajstić information content (AvgIpc) is 2.86. The van der Waals surface area contributed by atoms with Crippen LogP contribution < -0.4 is 4.72 Å². The Morgan fingerprint density at radius 3 is 2.45 bits per heavy atom. The average molecular weight is 297 g/mol. The summed E-state index contributed by atoms with van der Waals surface area (Å²) in [5.74, 6) is 0. The Labute approximate surface area is 121 Å². The van der Waals surface area contributed by atoms with Gasteiger partial charge in [0.05, 0.1) is 11.0 Å². The number of hydrogen-bond acceptors (Lipinski definition) is 3. The quantitative estimate of drug-likeness (QED) is 0.929. The molecule has 0 bridgehead atoms. The minimum atomic E-state index is -3.50. The largest absolute Gasteiger partial charge is 0.377 e. The fourth-order valence-electron chi connectivity index (χ4n) is 2.60. The molecule has 4 nitrogen and oxygen atoms in total. The molecule has 0 aromatic heterocycles. The highest BCUT2D eigenvalue weighted by molar-refractivity contribution is 7.89. The highest BCUT2D eigenvalue weighted by Crippen LogP contribution is 2.22. The van der Waals surface area contributed by atoms with E-state index in [2.05, 4.69) is 4.72 Å². The zero-order valence-corrected chi connectivity index (χ0v) is 13.4. The lowest BCUT2D eigenvalue weighted by Gasteiger charge is -2.21. The SMILES string of the molecule is Cc1cc(C)c(S(=O)(=O)N[C@@H](C)[C@H]2CCCO2)cc1C. The molecule has 1 heterocycles. The predicted octanol–water partition coefficient (Wildman–Crippen LogP) is 2.46. The van der Waals surface area contributed by atoms with Gasteiger partial charge in [0.2, 0.25) is 10.0 Å². The van der Waals surface area contributed by atoms with Gasteiger partial charge < -0.3 is 4.74 Å². The Kier molecular flexibility index (Phi) is 4.52. The van der Waals surface area contributed by atoms with E-state index < -0.39 is 10.0 Å². The first kappa shape index (κ1) is 15.5. The second kappa shape index (κ2) is 5.84. The first-order valence-corrected chi connectivity index (χ1v) is 8.51. The Balaban J connectivity index is 2.24. The highest BCUT2D eigenvalue weighted by Gasteiger charge is 2.27. The third-order valence-electron chi connectivity index (χ3n) is 3.94. The predicted molar refractivity (Wildman–Crippen MR) is 79.4 cm³/mol. The molecule has 0 aliphatic carbocycles. The van der Waals surface area contributed by atoms with Crippen LogP contribution in [0.25, 0.3) is 0 Å². The fraction of sp³-hybridized carbons (Fsp3) is 0.600. The molecule has 1 saturated heterocycles. The molecule has 1 aliphatic heterocycles.